The van der Waals surface area contributed by atoms with Crippen LogP contribution in [0.5, 0.6) is 0 Å². The number of nitrogens with zero attached hydrogens (tertiary/aromatic N) is 3. The minimum atomic E-state index is 0.438. The van der Waals surface area contributed by atoms with Crippen molar-refractivity contribution in [3.63, 3.8) is 0 Å². The molecule has 0 saturated carbocycles. The van der Waals surface area contributed by atoms with E-state index in [2.05, 4.69) is 16.8 Å². The number of hydrogen-bond acceptors (Lipinski definition) is 3. The van der Waals surface area contributed by atoms with Crippen molar-refractivity contribution >= 4 is 0 Å². The van der Waals surface area contributed by atoms with E-state index in [-0.39, 0.29) is 0 Å². The van der Waals surface area contributed by atoms with E-state index >= 15 is 0 Å². The first-order chi connectivity index (χ1) is 6.83. The molecule has 0 aromatic heterocycles. The van der Waals surface area contributed by atoms with Crippen LogP contribution in [-0.2, 0) is 4.74 Å². The summed E-state index contributed by atoms with van der Waals surface area (Å²) in [7, 11) is 2.19. The predicted octanol–water partition coefficient (Wildman–Crippen LogP) is -0.665. The molecular weight excluding hydrogens is 178 g/mol. The van der Waals surface area contributed by atoms with Gasteiger partial charge in [-0.05, 0) is 13.5 Å². The molecule has 0 aliphatic carbocycles. The lowest BCUT2D eigenvalue weighted by Crippen LogP contribution is -2.57. The van der Waals surface area contributed by atoms with Crippen molar-refractivity contribution in [1.29, 1.82) is 0 Å². The normalized spacial score (nSPS) is 44.8. The Labute approximate surface area is 85.2 Å². The van der Waals surface area contributed by atoms with Gasteiger partial charge in [0.2, 0.25) is 0 Å². The minimum Gasteiger partial charge on any atom is -0.375 e. The molecule has 3 rings (SSSR count). The lowest BCUT2D eigenvalue weighted by atomic mass is 10.2. The molecule has 3 saturated heterocycles. The van der Waals surface area contributed by atoms with E-state index in [1.54, 1.807) is 0 Å². The highest BCUT2D eigenvalue weighted by atomic mass is 16.5. The summed E-state index contributed by atoms with van der Waals surface area (Å²) in [5, 5.41) is 4.71. The second-order valence-corrected chi connectivity index (χ2v) is 4.69. The van der Waals surface area contributed by atoms with E-state index < -0.39 is 0 Å². The van der Waals surface area contributed by atoms with Gasteiger partial charge in [0.25, 0.3) is 0 Å². The standard InChI is InChI=1S/C10H18N3O/c1-12-3-2-11-10(6-12)13-5-9-4-8(13)7-14-9/h8-10H,2-7H2,1H3/t8-,9-,10?/m0/s1. The molecule has 2 bridgehead atoms. The van der Waals surface area contributed by atoms with Crippen molar-refractivity contribution in [3.05, 3.63) is 0 Å². The number of rotatable bonds is 1. The molecule has 0 spiro atoms. The predicted molar refractivity (Wildman–Crippen MR) is 53.1 cm³/mol. The van der Waals surface area contributed by atoms with Crippen molar-refractivity contribution in [1.82, 2.24) is 15.1 Å². The first kappa shape index (κ1) is 9.09. The zero-order chi connectivity index (χ0) is 9.54. The largest absolute Gasteiger partial charge is 0.375 e. The van der Waals surface area contributed by atoms with Gasteiger partial charge in [-0.3, -0.25) is 4.90 Å². The summed E-state index contributed by atoms with van der Waals surface area (Å²) < 4.78 is 5.60. The maximum absolute atomic E-state index is 5.60. The molecule has 0 aromatic rings. The fourth-order valence-electron chi connectivity index (χ4n) is 2.81. The minimum absolute atomic E-state index is 0.438. The molecule has 3 fully saturated rings. The summed E-state index contributed by atoms with van der Waals surface area (Å²) in [5.41, 5.74) is 0. The highest BCUT2D eigenvalue weighted by Crippen LogP contribution is 2.29. The van der Waals surface area contributed by atoms with Crippen molar-refractivity contribution in [3.8, 4) is 0 Å². The summed E-state index contributed by atoms with van der Waals surface area (Å²) in [6.45, 7) is 5.25. The van der Waals surface area contributed by atoms with E-state index in [9.17, 15) is 0 Å². The molecule has 14 heavy (non-hydrogen) atoms. The first-order valence-electron chi connectivity index (χ1n) is 5.55. The Bertz CT molecular complexity index is 223. The van der Waals surface area contributed by atoms with E-state index in [4.69, 9.17) is 10.1 Å². The van der Waals surface area contributed by atoms with Crippen LogP contribution in [0.15, 0.2) is 0 Å². The molecule has 0 N–H and O–H groups in total. The van der Waals surface area contributed by atoms with Gasteiger partial charge in [0.15, 0.2) is 0 Å². The number of piperazine rings is 1. The van der Waals surface area contributed by atoms with Crippen LogP contribution in [0, 0.1) is 0 Å². The number of morpholine rings is 1. The summed E-state index contributed by atoms with van der Waals surface area (Å²) in [6.07, 6.45) is 2.17. The van der Waals surface area contributed by atoms with Crippen LogP contribution in [0.4, 0.5) is 0 Å². The number of likely N-dealkylation sites (N-methyl/N-ethyl adjacent to an activating group) is 1. The lowest BCUT2D eigenvalue weighted by Gasteiger charge is -2.39. The molecule has 4 nitrogen and oxygen atoms in total. The van der Waals surface area contributed by atoms with E-state index in [0.717, 1.165) is 32.8 Å². The van der Waals surface area contributed by atoms with Crippen molar-refractivity contribution in [2.45, 2.75) is 24.7 Å². The quantitative estimate of drug-likeness (QED) is 0.557. The highest BCUT2D eigenvalue weighted by molar-refractivity contribution is 4.95. The Morgan fingerprint density at radius 3 is 2.93 bits per heavy atom. The molecule has 79 valence electrons. The second kappa shape index (κ2) is 3.45. The number of likely N-dealkylation sites (tertiary alicyclic amines) is 1. The summed E-state index contributed by atoms with van der Waals surface area (Å²) in [4.78, 5) is 4.92. The molecule has 0 amide bonds. The van der Waals surface area contributed by atoms with Gasteiger partial charge < -0.3 is 9.64 Å². The van der Waals surface area contributed by atoms with Gasteiger partial charge in [-0.1, -0.05) is 0 Å². The molecule has 3 heterocycles. The van der Waals surface area contributed by atoms with Crippen LogP contribution in [0.3, 0.4) is 0 Å². The van der Waals surface area contributed by atoms with Crippen molar-refractivity contribution < 1.29 is 4.74 Å². The molecule has 3 atom stereocenters. The van der Waals surface area contributed by atoms with Crippen molar-refractivity contribution in [2.24, 2.45) is 0 Å². The van der Waals surface area contributed by atoms with Gasteiger partial charge in [-0.15, -0.1) is 0 Å². The van der Waals surface area contributed by atoms with Crippen LogP contribution < -0.4 is 5.32 Å². The van der Waals surface area contributed by atoms with Gasteiger partial charge in [0.1, 0.15) is 0 Å². The maximum Gasteiger partial charge on any atom is 0.0894 e. The maximum atomic E-state index is 5.60. The van der Waals surface area contributed by atoms with Gasteiger partial charge in [0.05, 0.1) is 18.9 Å². The fraction of sp³-hybridized carbons (Fsp3) is 1.00. The Morgan fingerprint density at radius 2 is 2.29 bits per heavy atom. The Kier molecular flexibility index (Phi) is 2.24. The summed E-state index contributed by atoms with van der Waals surface area (Å²) in [5.74, 6) is 0. The SMILES string of the molecule is CN1CC[N]C(N2C[C@@H]3C[C@H]2CO3)C1. The third-order valence-electron chi connectivity index (χ3n) is 3.62. The molecule has 1 radical (unpaired) electrons. The average Bonchev–Trinajstić information content (AvgIpc) is 2.78. The Hall–Kier alpha value is -0.160. The molecule has 3 aliphatic rings. The summed E-state index contributed by atoms with van der Waals surface area (Å²) >= 11 is 0. The molecule has 4 heteroatoms. The first-order valence-corrected chi connectivity index (χ1v) is 5.55. The van der Waals surface area contributed by atoms with Crippen LogP contribution in [0.2, 0.25) is 0 Å². The molecule has 0 aromatic carbocycles. The second-order valence-electron chi connectivity index (χ2n) is 4.69. The topological polar surface area (TPSA) is 29.8 Å². The molecule has 1 unspecified atom stereocenters. The Balaban J connectivity index is 1.65. The van der Waals surface area contributed by atoms with Gasteiger partial charge in [0, 0.05) is 32.2 Å². The van der Waals surface area contributed by atoms with Crippen molar-refractivity contribution in [2.75, 3.05) is 39.8 Å². The van der Waals surface area contributed by atoms with Crippen LogP contribution >= 0.6 is 0 Å². The number of fused-ring (bicyclic) bond motifs is 2. The van der Waals surface area contributed by atoms with Crippen LogP contribution in [-0.4, -0.2) is 67.9 Å². The zero-order valence-corrected chi connectivity index (χ0v) is 8.72. The van der Waals surface area contributed by atoms with E-state index in [1.165, 1.54) is 6.42 Å². The number of hydrogen-bond donors (Lipinski definition) is 0. The third-order valence-corrected chi connectivity index (χ3v) is 3.62. The molecular formula is C10H18N3O. The van der Waals surface area contributed by atoms with Gasteiger partial charge in [-0.25, -0.2) is 5.32 Å². The lowest BCUT2D eigenvalue weighted by molar-refractivity contribution is -0.0112. The molecule has 3 aliphatic heterocycles. The van der Waals surface area contributed by atoms with Gasteiger partial charge >= 0.3 is 0 Å². The average molecular weight is 196 g/mol. The van der Waals surface area contributed by atoms with Gasteiger partial charge in [-0.2, -0.15) is 0 Å². The smallest absolute Gasteiger partial charge is 0.0894 e. The van der Waals surface area contributed by atoms with Crippen LogP contribution in [0.25, 0.3) is 0 Å². The third kappa shape index (κ3) is 1.46. The van der Waals surface area contributed by atoms with E-state index in [1.807, 2.05) is 0 Å². The Morgan fingerprint density at radius 1 is 1.36 bits per heavy atom. The monoisotopic (exact) mass is 196 g/mol. The summed E-state index contributed by atoms with van der Waals surface area (Å²) in [6, 6.07) is 0.653. The fourth-order valence-corrected chi connectivity index (χ4v) is 2.81. The van der Waals surface area contributed by atoms with Crippen LogP contribution in [0.1, 0.15) is 6.42 Å². The number of ether oxygens (including phenoxy) is 1. The highest BCUT2D eigenvalue weighted by Gasteiger charge is 2.43. The van der Waals surface area contributed by atoms with E-state index in [0.29, 0.717) is 18.3 Å². The zero-order valence-electron chi connectivity index (χ0n) is 8.72.